The van der Waals surface area contributed by atoms with Crippen molar-refractivity contribution in [2.45, 2.75) is 76.4 Å². The zero-order chi connectivity index (χ0) is 21.9. The maximum absolute atomic E-state index is 13.6. The van der Waals surface area contributed by atoms with Crippen LogP contribution in [0, 0.1) is 5.41 Å². The molecule has 2 aliphatic heterocycles. The van der Waals surface area contributed by atoms with Crippen molar-refractivity contribution in [2.24, 2.45) is 11.1 Å². The summed E-state index contributed by atoms with van der Waals surface area (Å²) in [6.45, 7) is 5.50. The van der Waals surface area contributed by atoms with Gasteiger partial charge in [0.05, 0.1) is 26.4 Å². The Labute approximate surface area is 186 Å². The van der Waals surface area contributed by atoms with E-state index in [-0.39, 0.29) is 18.1 Å². The highest BCUT2D eigenvalue weighted by molar-refractivity contribution is 6.04. The maximum Gasteiger partial charge on any atom is 0.238 e. The smallest absolute Gasteiger partial charge is 0.238 e. The van der Waals surface area contributed by atoms with Gasteiger partial charge in [-0.05, 0) is 38.5 Å². The Morgan fingerprint density at radius 1 is 0.839 bits per heavy atom. The van der Waals surface area contributed by atoms with Crippen molar-refractivity contribution < 1.29 is 28.5 Å². The molecule has 8 heteroatoms. The summed E-state index contributed by atoms with van der Waals surface area (Å²) < 4.78 is 21.5. The number of epoxide rings is 2. The molecule has 2 atom stereocenters. The van der Waals surface area contributed by atoms with Gasteiger partial charge in [0, 0.05) is 26.3 Å². The summed E-state index contributed by atoms with van der Waals surface area (Å²) in [6.07, 6.45) is 9.05. The van der Waals surface area contributed by atoms with Crippen molar-refractivity contribution in [3.8, 4) is 0 Å². The van der Waals surface area contributed by atoms with Crippen LogP contribution in [-0.4, -0.2) is 81.7 Å². The van der Waals surface area contributed by atoms with Gasteiger partial charge in [-0.3, -0.25) is 9.59 Å². The van der Waals surface area contributed by atoms with E-state index in [1.165, 1.54) is 0 Å². The first-order chi connectivity index (χ1) is 15.1. The Morgan fingerprint density at radius 3 is 1.74 bits per heavy atom. The number of nitrogens with two attached hydrogens (primary N) is 1. The second-order valence-electron chi connectivity index (χ2n) is 9.13. The van der Waals surface area contributed by atoms with E-state index >= 15 is 0 Å². The third-order valence-electron chi connectivity index (χ3n) is 6.47. The second kappa shape index (κ2) is 12.7. The Hall–Kier alpha value is -1.22. The summed E-state index contributed by atoms with van der Waals surface area (Å²) in [5.41, 5.74) is 4.79. The lowest BCUT2D eigenvalue weighted by molar-refractivity contribution is -0.150. The molecule has 0 radical (unpaired) electrons. The number of amides is 2. The zero-order valence-electron chi connectivity index (χ0n) is 18.9. The highest BCUT2D eigenvalue weighted by Gasteiger charge is 2.46. The second-order valence-corrected chi connectivity index (χ2v) is 9.13. The van der Waals surface area contributed by atoms with E-state index in [0.29, 0.717) is 52.4 Å². The fraction of sp³-hybridized carbons (Fsp3) is 0.913. The van der Waals surface area contributed by atoms with Crippen molar-refractivity contribution in [1.29, 1.82) is 0 Å². The number of unbranched alkanes of at least 4 members (excludes halogenated alkanes) is 2. The fourth-order valence-electron chi connectivity index (χ4n) is 4.29. The quantitative estimate of drug-likeness (QED) is 0.170. The SMILES string of the molecule is NC(=O)C1(C(=O)N(CCCCOCC2CO2)CCCCOCC2CO2)CCCCCC1. The lowest BCUT2D eigenvalue weighted by Crippen LogP contribution is -2.51. The summed E-state index contributed by atoms with van der Waals surface area (Å²) in [4.78, 5) is 27.9. The number of hydrogen-bond donors (Lipinski definition) is 1. The van der Waals surface area contributed by atoms with E-state index in [9.17, 15) is 9.59 Å². The molecule has 2 heterocycles. The fourth-order valence-corrected chi connectivity index (χ4v) is 4.29. The van der Waals surface area contributed by atoms with Crippen LogP contribution in [0.15, 0.2) is 0 Å². The molecule has 0 aromatic rings. The van der Waals surface area contributed by atoms with Crippen LogP contribution in [-0.2, 0) is 28.5 Å². The summed E-state index contributed by atoms with van der Waals surface area (Å²) >= 11 is 0. The molecule has 8 nitrogen and oxygen atoms in total. The molecular weight excluding hydrogens is 400 g/mol. The van der Waals surface area contributed by atoms with Gasteiger partial charge in [0.1, 0.15) is 17.6 Å². The number of ether oxygens (including phenoxy) is 4. The molecule has 3 rings (SSSR count). The molecule has 0 aromatic carbocycles. The first kappa shape index (κ1) is 24.4. The molecule has 3 aliphatic rings. The van der Waals surface area contributed by atoms with Gasteiger partial charge >= 0.3 is 0 Å². The molecule has 0 spiro atoms. The Morgan fingerprint density at radius 2 is 1.32 bits per heavy atom. The topological polar surface area (TPSA) is 107 Å². The van der Waals surface area contributed by atoms with Crippen LogP contribution in [0.2, 0.25) is 0 Å². The van der Waals surface area contributed by atoms with Gasteiger partial charge in [0.15, 0.2) is 0 Å². The van der Waals surface area contributed by atoms with Crippen LogP contribution in [0.4, 0.5) is 0 Å². The number of hydrogen-bond acceptors (Lipinski definition) is 6. The number of rotatable bonds is 16. The van der Waals surface area contributed by atoms with Crippen molar-refractivity contribution in [3.05, 3.63) is 0 Å². The Bertz CT molecular complexity index is 532. The van der Waals surface area contributed by atoms with Gasteiger partial charge in [0.25, 0.3) is 0 Å². The number of carbonyl (C=O) groups is 2. The minimum absolute atomic E-state index is 0.0681. The van der Waals surface area contributed by atoms with E-state index in [0.717, 1.165) is 64.6 Å². The van der Waals surface area contributed by atoms with Crippen LogP contribution in [0.25, 0.3) is 0 Å². The summed E-state index contributed by atoms with van der Waals surface area (Å²) in [7, 11) is 0. The van der Waals surface area contributed by atoms with Crippen molar-refractivity contribution in [3.63, 3.8) is 0 Å². The molecule has 3 fully saturated rings. The van der Waals surface area contributed by atoms with Gasteiger partial charge in [-0.1, -0.05) is 25.7 Å². The van der Waals surface area contributed by atoms with E-state index in [1.807, 2.05) is 4.90 Å². The first-order valence-electron chi connectivity index (χ1n) is 12.1. The lowest BCUT2D eigenvalue weighted by Gasteiger charge is -2.34. The Balaban J connectivity index is 1.47. The van der Waals surface area contributed by atoms with Crippen molar-refractivity contribution >= 4 is 11.8 Å². The van der Waals surface area contributed by atoms with Crippen LogP contribution >= 0.6 is 0 Å². The summed E-state index contributed by atoms with van der Waals surface area (Å²) in [5, 5.41) is 0. The molecule has 178 valence electrons. The molecule has 31 heavy (non-hydrogen) atoms. The van der Waals surface area contributed by atoms with E-state index in [2.05, 4.69) is 0 Å². The number of primary amides is 1. The van der Waals surface area contributed by atoms with Gasteiger partial charge in [-0.2, -0.15) is 0 Å². The summed E-state index contributed by atoms with van der Waals surface area (Å²) in [6, 6.07) is 0. The average molecular weight is 441 g/mol. The summed E-state index contributed by atoms with van der Waals surface area (Å²) in [5.74, 6) is -0.522. The molecule has 2 unspecified atom stereocenters. The molecule has 2 amide bonds. The zero-order valence-corrected chi connectivity index (χ0v) is 18.9. The number of nitrogens with zero attached hydrogens (tertiary/aromatic N) is 1. The van der Waals surface area contributed by atoms with E-state index in [1.54, 1.807) is 0 Å². The molecule has 1 saturated carbocycles. The van der Waals surface area contributed by atoms with Gasteiger partial charge in [0.2, 0.25) is 11.8 Å². The van der Waals surface area contributed by atoms with E-state index < -0.39 is 11.3 Å². The van der Waals surface area contributed by atoms with Crippen LogP contribution < -0.4 is 5.73 Å². The molecule has 1 aliphatic carbocycles. The third-order valence-corrected chi connectivity index (χ3v) is 6.47. The molecule has 0 bridgehead atoms. The minimum atomic E-state index is -1.03. The molecular formula is C23H40N2O6. The van der Waals surface area contributed by atoms with Crippen LogP contribution in [0.1, 0.15) is 64.2 Å². The van der Waals surface area contributed by atoms with Crippen LogP contribution in [0.5, 0.6) is 0 Å². The molecule has 0 aromatic heterocycles. The predicted molar refractivity (Wildman–Crippen MR) is 115 cm³/mol. The molecule has 2 N–H and O–H groups in total. The van der Waals surface area contributed by atoms with E-state index in [4.69, 9.17) is 24.7 Å². The first-order valence-corrected chi connectivity index (χ1v) is 12.1. The van der Waals surface area contributed by atoms with Crippen molar-refractivity contribution in [2.75, 3.05) is 52.7 Å². The number of carbonyl (C=O) groups excluding carboxylic acids is 2. The van der Waals surface area contributed by atoms with Crippen molar-refractivity contribution in [1.82, 2.24) is 4.90 Å². The normalized spacial score (nSPS) is 24.4. The third kappa shape index (κ3) is 8.33. The van der Waals surface area contributed by atoms with Gasteiger partial charge in [-0.25, -0.2) is 0 Å². The highest BCUT2D eigenvalue weighted by atomic mass is 16.6. The standard InChI is InChI=1S/C23H40N2O6/c24-21(26)23(9-3-1-2-4-10-23)22(27)25(11-5-7-13-28-15-19-17-30-19)12-6-8-14-29-16-20-18-31-20/h19-20H,1-18H2,(H2,24,26). The Kier molecular flexibility index (Phi) is 10.0. The largest absolute Gasteiger partial charge is 0.379 e. The van der Waals surface area contributed by atoms with Crippen LogP contribution in [0.3, 0.4) is 0 Å². The van der Waals surface area contributed by atoms with Gasteiger partial charge in [-0.15, -0.1) is 0 Å². The maximum atomic E-state index is 13.6. The minimum Gasteiger partial charge on any atom is -0.379 e. The predicted octanol–water partition coefficient (Wildman–Crippen LogP) is 2.03. The average Bonchev–Trinajstić information content (AvgIpc) is 3.65. The lowest BCUT2D eigenvalue weighted by atomic mass is 9.78. The highest BCUT2D eigenvalue weighted by Crippen LogP contribution is 2.37. The van der Waals surface area contributed by atoms with Gasteiger partial charge < -0.3 is 29.6 Å². The molecule has 2 saturated heterocycles. The monoisotopic (exact) mass is 440 g/mol.